The van der Waals surface area contributed by atoms with Crippen molar-refractivity contribution in [3.05, 3.63) is 95.1 Å². The van der Waals surface area contributed by atoms with Crippen LogP contribution in [0.15, 0.2) is 72.8 Å². The third-order valence-corrected chi connectivity index (χ3v) is 4.58. The van der Waals surface area contributed by atoms with Gasteiger partial charge in [0.2, 0.25) is 0 Å². The molecule has 0 saturated carbocycles. The first kappa shape index (κ1) is 19.4. The van der Waals surface area contributed by atoms with Crippen molar-refractivity contribution < 1.29 is 9.59 Å². The quantitative estimate of drug-likeness (QED) is 0.667. The van der Waals surface area contributed by atoms with Gasteiger partial charge in [-0.3, -0.25) is 9.59 Å². The monoisotopic (exact) mass is 372 g/mol. The zero-order valence-electron chi connectivity index (χ0n) is 16.4. The second-order valence-corrected chi connectivity index (χ2v) is 6.79. The van der Waals surface area contributed by atoms with Crippen LogP contribution in [0, 0.1) is 13.8 Å². The van der Waals surface area contributed by atoms with Crippen molar-refractivity contribution in [3.8, 4) is 0 Å². The minimum atomic E-state index is -0.200. The second kappa shape index (κ2) is 8.53. The van der Waals surface area contributed by atoms with Crippen molar-refractivity contribution in [1.82, 2.24) is 0 Å². The largest absolute Gasteiger partial charge is 0.322 e. The molecule has 0 fully saturated rings. The molecule has 3 aromatic rings. The van der Waals surface area contributed by atoms with Gasteiger partial charge in [0.25, 0.3) is 11.8 Å². The molecule has 0 heterocycles. The van der Waals surface area contributed by atoms with Crippen molar-refractivity contribution in [2.75, 3.05) is 16.8 Å². The number of hydrogen-bond donors (Lipinski definition) is 1. The number of rotatable bonds is 5. The molecule has 3 aromatic carbocycles. The molecule has 4 heteroatoms. The molecular weight excluding hydrogens is 348 g/mol. The molecule has 0 spiro atoms. The number of nitrogens with one attached hydrogen (secondary N) is 1. The molecular formula is C24H24N2O2. The van der Waals surface area contributed by atoms with Crippen molar-refractivity contribution in [1.29, 1.82) is 0 Å². The Kier molecular flexibility index (Phi) is 5.90. The molecule has 0 aliphatic rings. The maximum absolute atomic E-state index is 12.9. The summed E-state index contributed by atoms with van der Waals surface area (Å²) in [6.07, 6.45) is 0. The van der Waals surface area contributed by atoms with E-state index < -0.39 is 0 Å². The van der Waals surface area contributed by atoms with Gasteiger partial charge >= 0.3 is 0 Å². The Balaban J connectivity index is 1.74. The summed E-state index contributed by atoms with van der Waals surface area (Å²) in [5, 5.41) is 2.87. The first-order chi connectivity index (χ1) is 13.5. The van der Waals surface area contributed by atoms with Crippen LogP contribution in [0.2, 0.25) is 0 Å². The number of carbonyl (C=O) groups excluding carboxylic acids is 2. The lowest BCUT2D eigenvalue weighted by molar-refractivity contribution is 0.0985. The number of benzene rings is 3. The Morgan fingerprint density at radius 2 is 1.46 bits per heavy atom. The number of aryl methyl sites for hydroxylation is 2. The van der Waals surface area contributed by atoms with Crippen molar-refractivity contribution in [2.45, 2.75) is 20.8 Å². The van der Waals surface area contributed by atoms with Gasteiger partial charge in [0.15, 0.2) is 0 Å². The first-order valence-electron chi connectivity index (χ1n) is 9.34. The average Bonchev–Trinajstić information content (AvgIpc) is 2.70. The van der Waals surface area contributed by atoms with Gasteiger partial charge in [-0.2, -0.15) is 0 Å². The summed E-state index contributed by atoms with van der Waals surface area (Å²) in [5.41, 5.74) is 4.91. The normalized spacial score (nSPS) is 10.4. The lowest BCUT2D eigenvalue weighted by atomic mass is 10.1. The molecule has 0 saturated heterocycles. The Hall–Kier alpha value is -3.40. The third-order valence-electron chi connectivity index (χ3n) is 4.58. The zero-order chi connectivity index (χ0) is 20.1. The van der Waals surface area contributed by atoms with Crippen LogP contribution >= 0.6 is 0 Å². The molecule has 0 unspecified atom stereocenters. The number of carbonyl (C=O) groups is 2. The summed E-state index contributed by atoms with van der Waals surface area (Å²) < 4.78 is 0. The zero-order valence-corrected chi connectivity index (χ0v) is 16.4. The van der Waals surface area contributed by atoms with Gasteiger partial charge in [-0.05, 0) is 74.9 Å². The average molecular weight is 372 g/mol. The first-order valence-corrected chi connectivity index (χ1v) is 9.34. The van der Waals surface area contributed by atoms with E-state index in [1.54, 1.807) is 29.2 Å². The Labute approximate surface area is 165 Å². The summed E-state index contributed by atoms with van der Waals surface area (Å²) >= 11 is 0. The van der Waals surface area contributed by atoms with E-state index in [2.05, 4.69) is 5.32 Å². The molecule has 0 aromatic heterocycles. The molecule has 0 bridgehead atoms. The molecule has 0 aliphatic heterocycles. The molecule has 0 radical (unpaired) electrons. The minimum absolute atomic E-state index is 0.0846. The summed E-state index contributed by atoms with van der Waals surface area (Å²) in [5.74, 6) is -0.285. The number of nitrogens with zero attached hydrogens (tertiary/aromatic N) is 1. The number of anilines is 2. The Morgan fingerprint density at radius 3 is 2.07 bits per heavy atom. The van der Waals surface area contributed by atoms with E-state index in [-0.39, 0.29) is 11.8 Å². The van der Waals surface area contributed by atoms with E-state index >= 15 is 0 Å². The van der Waals surface area contributed by atoms with Crippen LogP contribution in [0.5, 0.6) is 0 Å². The van der Waals surface area contributed by atoms with Gasteiger partial charge in [-0.25, -0.2) is 0 Å². The molecule has 3 rings (SSSR count). The highest BCUT2D eigenvalue weighted by atomic mass is 16.2. The molecule has 1 N–H and O–H groups in total. The van der Waals surface area contributed by atoms with E-state index in [0.29, 0.717) is 17.7 Å². The van der Waals surface area contributed by atoms with Crippen LogP contribution < -0.4 is 10.2 Å². The van der Waals surface area contributed by atoms with Crippen molar-refractivity contribution in [3.63, 3.8) is 0 Å². The van der Waals surface area contributed by atoms with Gasteiger partial charge in [-0.15, -0.1) is 0 Å². The fourth-order valence-corrected chi connectivity index (χ4v) is 3.00. The van der Waals surface area contributed by atoms with Crippen LogP contribution in [0.4, 0.5) is 11.4 Å². The van der Waals surface area contributed by atoms with Crippen LogP contribution in [0.25, 0.3) is 0 Å². The van der Waals surface area contributed by atoms with E-state index in [1.165, 1.54) is 0 Å². The predicted molar refractivity (Wildman–Crippen MR) is 114 cm³/mol. The van der Waals surface area contributed by atoms with Crippen LogP contribution in [-0.2, 0) is 0 Å². The standard InChI is InChI=1S/C24H24N2O2/c1-4-26(22-7-5-6-18(3)16-22)24(28)20-12-10-19(11-13-20)23(27)25-21-14-8-17(2)9-15-21/h5-16H,4H2,1-3H3,(H,25,27). The van der Waals surface area contributed by atoms with Gasteiger partial charge < -0.3 is 10.2 Å². The Bertz CT molecular complexity index is 976. The van der Waals surface area contributed by atoms with Crippen molar-refractivity contribution >= 4 is 23.2 Å². The third kappa shape index (κ3) is 4.46. The molecule has 28 heavy (non-hydrogen) atoms. The summed E-state index contributed by atoms with van der Waals surface area (Å²) in [4.78, 5) is 27.1. The van der Waals surface area contributed by atoms with Gasteiger partial charge in [0, 0.05) is 29.0 Å². The highest BCUT2D eigenvalue weighted by Gasteiger charge is 2.17. The van der Waals surface area contributed by atoms with Crippen LogP contribution in [0.1, 0.15) is 38.8 Å². The van der Waals surface area contributed by atoms with Gasteiger partial charge in [0.1, 0.15) is 0 Å². The van der Waals surface area contributed by atoms with E-state index in [0.717, 1.165) is 22.5 Å². The Morgan fingerprint density at radius 1 is 0.821 bits per heavy atom. The lowest BCUT2D eigenvalue weighted by Gasteiger charge is -2.21. The molecule has 142 valence electrons. The number of hydrogen-bond acceptors (Lipinski definition) is 2. The topological polar surface area (TPSA) is 49.4 Å². The summed E-state index contributed by atoms with van der Waals surface area (Å²) in [7, 11) is 0. The van der Waals surface area contributed by atoms with E-state index in [9.17, 15) is 9.59 Å². The van der Waals surface area contributed by atoms with Crippen molar-refractivity contribution in [2.24, 2.45) is 0 Å². The summed E-state index contributed by atoms with van der Waals surface area (Å²) in [6, 6.07) is 22.3. The summed E-state index contributed by atoms with van der Waals surface area (Å²) in [6.45, 7) is 6.52. The highest BCUT2D eigenvalue weighted by Crippen LogP contribution is 2.19. The molecule has 2 amide bonds. The lowest BCUT2D eigenvalue weighted by Crippen LogP contribution is -2.30. The van der Waals surface area contributed by atoms with Crippen LogP contribution in [-0.4, -0.2) is 18.4 Å². The smallest absolute Gasteiger partial charge is 0.258 e. The maximum atomic E-state index is 12.9. The van der Waals surface area contributed by atoms with Gasteiger partial charge in [0.05, 0.1) is 0 Å². The minimum Gasteiger partial charge on any atom is -0.322 e. The predicted octanol–water partition coefficient (Wildman–Crippen LogP) is 5.22. The molecule has 0 atom stereocenters. The SMILES string of the molecule is CCN(C(=O)c1ccc(C(=O)Nc2ccc(C)cc2)cc1)c1cccc(C)c1. The van der Waals surface area contributed by atoms with E-state index in [4.69, 9.17) is 0 Å². The number of amides is 2. The highest BCUT2D eigenvalue weighted by molar-refractivity contribution is 6.08. The maximum Gasteiger partial charge on any atom is 0.258 e. The van der Waals surface area contributed by atoms with Gasteiger partial charge in [-0.1, -0.05) is 29.8 Å². The molecule has 4 nitrogen and oxygen atoms in total. The van der Waals surface area contributed by atoms with Crippen LogP contribution in [0.3, 0.4) is 0 Å². The fourth-order valence-electron chi connectivity index (χ4n) is 3.00. The molecule has 0 aliphatic carbocycles. The second-order valence-electron chi connectivity index (χ2n) is 6.79. The fraction of sp³-hybridized carbons (Fsp3) is 0.167. The van der Waals surface area contributed by atoms with E-state index in [1.807, 2.05) is 69.3 Å².